The molecule has 1 amide bonds. The average Bonchev–Trinajstić information content (AvgIpc) is 3.00. The van der Waals surface area contributed by atoms with Gasteiger partial charge in [0.05, 0.1) is 6.04 Å². The van der Waals surface area contributed by atoms with E-state index in [0.717, 1.165) is 29.1 Å². The number of nitriles is 1. The number of amides is 1. The van der Waals surface area contributed by atoms with Crippen molar-refractivity contribution in [2.75, 3.05) is 0 Å². The van der Waals surface area contributed by atoms with Crippen molar-refractivity contribution in [1.82, 2.24) is 9.88 Å². The number of rotatable bonds is 6. The fourth-order valence-electron chi connectivity index (χ4n) is 3.39. The van der Waals surface area contributed by atoms with E-state index in [1.54, 1.807) is 6.08 Å². The van der Waals surface area contributed by atoms with Crippen LogP contribution in [-0.4, -0.2) is 10.5 Å². The van der Waals surface area contributed by atoms with E-state index in [-0.39, 0.29) is 17.5 Å². The molecule has 4 nitrogen and oxygen atoms in total. The van der Waals surface area contributed by atoms with Gasteiger partial charge in [-0.15, -0.1) is 0 Å². The van der Waals surface area contributed by atoms with Gasteiger partial charge in [0.25, 0.3) is 5.91 Å². The Morgan fingerprint density at radius 1 is 1.10 bits per heavy atom. The maximum absolute atomic E-state index is 12.6. The number of carbonyl (C=O) groups excluding carboxylic acids is 1. The van der Waals surface area contributed by atoms with Gasteiger partial charge in [-0.1, -0.05) is 60.7 Å². The van der Waals surface area contributed by atoms with E-state index in [1.807, 2.05) is 75.4 Å². The summed E-state index contributed by atoms with van der Waals surface area (Å²) in [6.07, 6.45) is 1.68. The fraction of sp³-hybridized carbons (Fsp3) is 0.200. The number of hydrogen-bond donors (Lipinski definition) is 1. The Bertz CT molecular complexity index is 1060. The van der Waals surface area contributed by atoms with Crippen LogP contribution in [-0.2, 0) is 11.3 Å². The maximum Gasteiger partial charge on any atom is 0.262 e. The molecule has 4 heteroatoms. The van der Waals surface area contributed by atoms with Crippen molar-refractivity contribution >= 4 is 12.0 Å². The summed E-state index contributed by atoms with van der Waals surface area (Å²) in [5, 5.41) is 12.5. The lowest BCUT2D eigenvalue weighted by atomic mass is 10.1. The Labute approximate surface area is 172 Å². The van der Waals surface area contributed by atoms with E-state index >= 15 is 0 Å². The third-order valence-electron chi connectivity index (χ3n) is 5.11. The normalized spacial score (nSPS) is 12.3. The second-order valence-corrected chi connectivity index (χ2v) is 7.17. The monoisotopic (exact) mass is 383 g/mol. The van der Waals surface area contributed by atoms with Crippen LogP contribution in [0.1, 0.15) is 41.0 Å². The van der Waals surface area contributed by atoms with E-state index in [1.165, 1.54) is 5.56 Å². The molecule has 1 aromatic heterocycles. The Morgan fingerprint density at radius 2 is 1.72 bits per heavy atom. The molecule has 1 N–H and O–H groups in total. The van der Waals surface area contributed by atoms with Crippen LogP contribution in [0.5, 0.6) is 0 Å². The molecule has 0 unspecified atom stereocenters. The molecule has 2 aromatic carbocycles. The Balaban J connectivity index is 1.81. The van der Waals surface area contributed by atoms with Crippen LogP contribution in [0.4, 0.5) is 0 Å². The van der Waals surface area contributed by atoms with Crippen LogP contribution in [0.15, 0.2) is 72.3 Å². The maximum atomic E-state index is 12.6. The van der Waals surface area contributed by atoms with Gasteiger partial charge in [0, 0.05) is 17.9 Å². The van der Waals surface area contributed by atoms with Gasteiger partial charge in [0.2, 0.25) is 0 Å². The molecule has 29 heavy (non-hydrogen) atoms. The summed E-state index contributed by atoms with van der Waals surface area (Å²) in [5.41, 5.74) is 5.32. The van der Waals surface area contributed by atoms with Crippen molar-refractivity contribution in [3.63, 3.8) is 0 Å². The molecule has 0 aliphatic heterocycles. The van der Waals surface area contributed by atoms with E-state index < -0.39 is 0 Å². The molecule has 0 spiro atoms. The predicted molar refractivity (Wildman–Crippen MR) is 116 cm³/mol. The van der Waals surface area contributed by atoms with Crippen LogP contribution in [0, 0.1) is 25.2 Å². The summed E-state index contributed by atoms with van der Waals surface area (Å²) in [7, 11) is 0. The summed E-state index contributed by atoms with van der Waals surface area (Å²) in [6.45, 7) is 6.72. The molecule has 1 heterocycles. The van der Waals surface area contributed by atoms with Crippen molar-refractivity contribution in [2.45, 2.75) is 33.4 Å². The third-order valence-corrected chi connectivity index (χ3v) is 5.11. The number of benzene rings is 2. The molecule has 1 atom stereocenters. The van der Waals surface area contributed by atoms with E-state index in [4.69, 9.17) is 0 Å². The standard InChI is InChI=1S/C25H25N3O/c1-18-14-23(20(3)28(18)17-21-10-6-4-7-11-21)15-24(16-26)25(29)27-19(2)22-12-8-5-9-13-22/h4-15,19H,17H2,1-3H3,(H,27,29)/b24-15-/t19-/m1/s1. The number of aryl methyl sites for hydroxylation is 1. The van der Waals surface area contributed by atoms with Gasteiger partial charge >= 0.3 is 0 Å². The molecule has 0 aliphatic rings. The highest BCUT2D eigenvalue weighted by atomic mass is 16.1. The molecule has 0 bridgehead atoms. The Kier molecular flexibility index (Phi) is 6.31. The highest BCUT2D eigenvalue weighted by Gasteiger charge is 2.15. The molecule has 0 saturated heterocycles. The van der Waals surface area contributed by atoms with Gasteiger partial charge in [-0.25, -0.2) is 0 Å². The highest BCUT2D eigenvalue weighted by Crippen LogP contribution is 2.20. The molecule has 0 saturated carbocycles. The van der Waals surface area contributed by atoms with Gasteiger partial charge < -0.3 is 9.88 Å². The quantitative estimate of drug-likeness (QED) is 0.484. The van der Waals surface area contributed by atoms with Crippen LogP contribution in [0.25, 0.3) is 6.08 Å². The van der Waals surface area contributed by atoms with Crippen molar-refractivity contribution in [1.29, 1.82) is 5.26 Å². The van der Waals surface area contributed by atoms with Crippen LogP contribution in [0.3, 0.4) is 0 Å². The first-order valence-corrected chi connectivity index (χ1v) is 9.68. The summed E-state index contributed by atoms with van der Waals surface area (Å²) in [4.78, 5) is 12.6. The van der Waals surface area contributed by atoms with E-state index in [9.17, 15) is 10.1 Å². The lowest BCUT2D eigenvalue weighted by Gasteiger charge is -2.13. The smallest absolute Gasteiger partial charge is 0.262 e. The Morgan fingerprint density at radius 3 is 2.34 bits per heavy atom. The second kappa shape index (κ2) is 9.07. The molecule has 3 rings (SSSR count). The third kappa shape index (κ3) is 4.83. The summed E-state index contributed by atoms with van der Waals surface area (Å²) in [6, 6.07) is 23.8. The van der Waals surface area contributed by atoms with E-state index in [2.05, 4.69) is 28.1 Å². The zero-order valence-corrected chi connectivity index (χ0v) is 17.0. The van der Waals surface area contributed by atoms with Gasteiger partial charge in [-0.3, -0.25) is 4.79 Å². The summed E-state index contributed by atoms with van der Waals surface area (Å²) in [5.74, 6) is -0.364. The van der Waals surface area contributed by atoms with Gasteiger partial charge in [-0.05, 0) is 49.6 Å². The highest BCUT2D eigenvalue weighted by molar-refractivity contribution is 6.02. The molecule has 0 radical (unpaired) electrons. The zero-order chi connectivity index (χ0) is 20.8. The SMILES string of the molecule is Cc1cc(/C=C(/C#N)C(=O)N[C@H](C)c2ccccc2)c(C)n1Cc1ccccc1. The first-order chi connectivity index (χ1) is 14.0. The van der Waals surface area contributed by atoms with E-state index in [0.29, 0.717) is 0 Å². The Hall–Kier alpha value is -3.58. The number of aromatic nitrogens is 1. The van der Waals surface area contributed by atoms with Crippen molar-refractivity contribution < 1.29 is 4.79 Å². The van der Waals surface area contributed by atoms with Crippen molar-refractivity contribution in [2.24, 2.45) is 0 Å². The molecule has 146 valence electrons. The summed E-state index contributed by atoms with van der Waals surface area (Å²) < 4.78 is 2.20. The molecule has 3 aromatic rings. The minimum Gasteiger partial charge on any atom is -0.345 e. The minimum absolute atomic E-state index is 0.104. The largest absolute Gasteiger partial charge is 0.345 e. The van der Waals surface area contributed by atoms with Crippen molar-refractivity contribution in [3.8, 4) is 6.07 Å². The van der Waals surface area contributed by atoms with Gasteiger partial charge in [-0.2, -0.15) is 5.26 Å². The molecular formula is C25H25N3O. The van der Waals surface area contributed by atoms with Crippen LogP contribution in [0.2, 0.25) is 0 Å². The fourth-order valence-corrected chi connectivity index (χ4v) is 3.39. The zero-order valence-electron chi connectivity index (χ0n) is 17.0. The molecule has 0 fully saturated rings. The first kappa shape index (κ1) is 20.2. The van der Waals surface area contributed by atoms with Gasteiger partial charge in [0.15, 0.2) is 0 Å². The number of hydrogen-bond acceptors (Lipinski definition) is 2. The number of carbonyl (C=O) groups is 1. The molecular weight excluding hydrogens is 358 g/mol. The van der Waals surface area contributed by atoms with Crippen LogP contribution >= 0.6 is 0 Å². The first-order valence-electron chi connectivity index (χ1n) is 9.68. The number of nitrogens with zero attached hydrogens (tertiary/aromatic N) is 2. The minimum atomic E-state index is -0.364. The predicted octanol–water partition coefficient (Wildman–Crippen LogP) is 4.94. The van der Waals surface area contributed by atoms with Crippen molar-refractivity contribution in [3.05, 3.63) is 100 Å². The lowest BCUT2D eigenvalue weighted by molar-refractivity contribution is -0.117. The lowest BCUT2D eigenvalue weighted by Crippen LogP contribution is -2.27. The average molecular weight is 383 g/mol. The number of nitrogens with one attached hydrogen (secondary N) is 1. The van der Waals surface area contributed by atoms with Gasteiger partial charge in [0.1, 0.15) is 11.6 Å². The topological polar surface area (TPSA) is 57.8 Å². The molecule has 0 aliphatic carbocycles. The summed E-state index contributed by atoms with van der Waals surface area (Å²) >= 11 is 0. The van der Waals surface area contributed by atoms with Crippen LogP contribution < -0.4 is 5.32 Å². The second-order valence-electron chi connectivity index (χ2n) is 7.17.